The lowest BCUT2D eigenvalue weighted by molar-refractivity contribution is 0.0683. The Morgan fingerprint density at radius 2 is 1.80 bits per heavy atom. The van der Waals surface area contributed by atoms with Crippen molar-refractivity contribution in [2.24, 2.45) is 0 Å². The van der Waals surface area contributed by atoms with E-state index in [1.165, 1.54) is 0 Å². The maximum atomic E-state index is 12.3. The third-order valence-electron chi connectivity index (χ3n) is 2.71. The number of nitrogens with zero attached hydrogens (tertiary/aromatic N) is 3. The number of hydrogen-bond acceptors (Lipinski definition) is 4. The van der Waals surface area contributed by atoms with E-state index in [1.54, 1.807) is 44.2 Å². The number of aromatic nitrogens is 3. The van der Waals surface area contributed by atoms with Crippen LogP contribution in [0.3, 0.4) is 0 Å². The molecule has 0 spiro atoms. The summed E-state index contributed by atoms with van der Waals surface area (Å²) in [6.45, 7) is 3.36. The molecule has 0 atom stereocenters. The van der Waals surface area contributed by atoms with Gasteiger partial charge in [-0.2, -0.15) is 5.10 Å². The molecule has 0 bridgehead atoms. The molecule has 0 amide bonds. The van der Waals surface area contributed by atoms with E-state index in [4.69, 9.17) is 5.11 Å². The van der Waals surface area contributed by atoms with Gasteiger partial charge in [0.15, 0.2) is 0 Å². The maximum Gasteiger partial charge on any atom is 0.362 e. The monoisotopic (exact) mass is 275 g/mol. The van der Waals surface area contributed by atoms with E-state index in [0.717, 1.165) is 9.25 Å². The zero-order valence-corrected chi connectivity index (χ0v) is 11.0. The van der Waals surface area contributed by atoms with Gasteiger partial charge in [0.1, 0.15) is 0 Å². The van der Waals surface area contributed by atoms with Crippen LogP contribution < -0.4 is 11.2 Å². The predicted octanol–water partition coefficient (Wildman–Crippen LogP) is 0.673. The summed E-state index contributed by atoms with van der Waals surface area (Å²) >= 11 is 0. The van der Waals surface area contributed by atoms with Crippen molar-refractivity contribution in [2.45, 2.75) is 19.9 Å². The molecule has 1 heterocycles. The molecular formula is C13H13N3O4. The minimum atomic E-state index is -1.46. The fraction of sp³-hybridized carbons (Fsp3) is 0.231. The van der Waals surface area contributed by atoms with E-state index in [2.05, 4.69) is 5.10 Å². The molecule has 1 N–H and O–H groups in total. The largest absolute Gasteiger partial charge is 0.476 e. The summed E-state index contributed by atoms with van der Waals surface area (Å²) in [6.07, 6.45) is 0. The molecule has 0 fully saturated rings. The second kappa shape index (κ2) is 5.12. The molecule has 0 aliphatic carbocycles. The molecule has 0 saturated carbocycles. The van der Waals surface area contributed by atoms with Gasteiger partial charge < -0.3 is 5.11 Å². The Morgan fingerprint density at radius 3 is 2.30 bits per heavy atom. The van der Waals surface area contributed by atoms with E-state index in [1.807, 2.05) is 0 Å². The smallest absolute Gasteiger partial charge is 0.362 e. The molecule has 1 aromatic heterocycles. The second-order valence-corrected chi connectivity index (χ2v) is 4.45. The summed E-state index contributed by atoms with van der Waals surface area (Å²) in [5, 5.41) is 12.7. The molecule has 1 aromatic carbocycles. The van der Waals surface area contributed by atoms with E-state index in [0.29, 0.717) is 5.69 Å². The number of carbonyl (C=O) groups is 1. The van der Waals surface area contributed by atoms with Gasteiger partial charge in [0, 0.05) is 0 Å². The Kier molecular flexibility index (Phi) is 3.51. The van der Waals surface area contributed by atoms with Gasteiger partial charge in [-0.25, -0.2) is 18.8 Å². The summed E-state index contributed by atoms with van der Waals surface area (Å²) in [5.41, 5.74) is -1.98. The molecule has 0 unspecified atom stereocenters. The molecule has 0 aliphatic rings. The summed E-state index contributed by atoms with van der Waals surface area (Å²) in [4.78, 5) is 35.5. The fourth-order valence-corrected chi connectivity index (χ4v) is 1.76. The van der Waals surface area contributed by atoms with Crippen LogP contribution in [0, 0.1) is 0 Å². The third-order valence-corrected chi connectivity index (χ3v) is 2.71. The van der Waals surface area contributed by atoms with E-state index in [-0.39, 0.29) is 6.04 Å². The van der Waals surface area contributed by atoms with Crippen molar-refractivity contribution in [1.29, 1.82) is 0 Å². The van der Waals surface area contributed by atoms with Crippen LogP contribution in [0.15, 0.2) is 39.9 Å². The topological polar surface area (TPSA) is 94.2 Å². The number of carboxylic acid groups (broad SMARTS) is 1. The first-order chi connectivity index (χ1) is 9.43. The highest BCUT2D eigenvalue weighted by Crippen LogP contribution is 2.03. The summed E-state index contributed by atoms with van der Waals surface area (Å²) < 4.78 is 1.80. The minimum absolute atomic E-state index is 0.307. The lowest BCUT2D eigenvalue weighted by atomic mass is 10.3. The molecule has 2 rings (SSSR count). The molecule has 0 saturated heterocycles. The first-order valence-electron chi connectivity index (χ1n) is 5.98. The van der Waals surface area contributed by atoms with E-state index < -0.39 is 22.9 Å². The lowest BCUT2D eigenvalue weighted by Gasteiger charge is -2.12. The number of para-hydroxylation sites is 1. The standard InChI is InChI=1S/C13H13N3O4/c1-8(2)16-13(20)15(9-6-4-3-5-7-9)11(17)10(14-16)12(18)19/h3-8H,1-2H3,(H,18,19). The van der Waals surface area contributed by atoms with Crippen LogP contribution in [-0.4, -0.2) is 25.4 Å². The fourth-order valence-electron chi connectivity index (χ4n) is 1.76. The zero-order chi connectivity index (χ0) is 14.9. The van der Waals surface area contributed by atoms with Gasteiger partial charge in [0.2, 0.25) is 5.69 Å². The number of hydrogen-bond donors (Lipinski definition) is 1. The molecule has 2 aromatic rings. The first kappa shape index (κ1) is 13.7. The molecule has 7 heteroatoms. The quantitative estimate of drug-likeness (QED) is 0.888. The van der Waals surface area contributed by atoms with Crippen molar-refractivity contribution in [3.8, 4) is 5.69 Å². The first-order valence-corrected chi connectivity index (χ1v) is 5.98. The van der Waals surface area contributed by atoms with Crippen LogP contribution in [0.1, 0.15) is 30.4 Å². The van der Waals surface area contributed by atoms with Crippen LogP contribution in [0.25, 0.3) is 5.69 Å². The van der Waals surface area contributed by atoms with Crippen LogP contribution in [0.2, 0.25) is 0 Å². The molecular weight excluding hydrogens is 262 g/mol. The molecule has 0 aliphatic heterocycles. The average Bonchev–Trinajstić information content (AvgIpc) is 2.39. The number of carboxylic acids is 1. The number of benzene rings is 1. The maximum absolute atomic E-state index is 12.3. The van der Waals surface area contributed by atoms with Gasteiger partial charge in [-0.05, 0) is 26.0 Å². The highest BCUT2D eigenvalue weighted by molar-refractivity contribution is 5.84. The van der Waals surface area contributed by atoms with Gasteiger partial charge >= 0.3 is 11.7 Å². The van der Waals surface area contributed by atoms with Crippen molar-refractivity contribution in [1.82, 2.24) is 14.3 Å². The SMILES string of the molecule is CC(C)n1nc(C(=O)O)c(=O)n(-c2ccccc2)c1=O. The van der Waals surface area contributed by atoms with Crippen molar-refractivity contribution >= 4 is 5.97 Å². The Hall–Kier alpha value is -2.70. The van der Waals surface area contributed by atoms with Crippen LogP contribution >= 0.6 is 0 Å². The number of rotatable bonds is 3. The van der Waals surface area contributed by atoms with Crippen LogP contribution in [0.4, 0.5) is 0 Å². The van der Waals surface area contributed by atoms with Crippen molar-refractivity contribution < 1.29 is 9.90 Å². The molecule has 0 radical (unpaired) electrons. The van der Waals surface area contributed by atoms with Crippen molar-refractivity contribution in [3.05, 3.63) is 56.9 Å². The number of aromatic carboxylic acids is 1. The Bertz CT molecular complexity index is 759. The molecule has 7 nitrogen and oxygen atoms in total. The lowest BCUT2D eigenvalue weighted by Crippen LogP contribution is -2.44. The van der Waals surface area contributed by atoms with Gasteiger partial charge in [0.05, 0.1) is 11.7 Å². The highest BCUT2D eigenvalue weighted by Gasteiger charge is 2.20. The predicted molar refractivity (Wildman–Crippen MR) is 71.4 cm³/mol. The van der Waals surface area contributed by atoms with Gasteiger partial charge in [-0.15, -0.1) is 0 Å². The zero-order valence-electron chi connectivity index (χ0n) is 11.0. The second-order valence-electron chi connectivity index (χ2n) is 4.45. The third kappa shape index (κ3) is 2.25. The Labute approximate surface area is 113 Å². The summed E-state index contributed by atoms with van der Waals surface area (Å²) in [5.74, 6) is -1.46. The van der Waals surface area contributed by atoms with Gasteiger partial charge in [-0.3, -0.25) is 4.79 Å². The van der Waals surface area contributed by atoms with Gasteiger partial charge in [-0.1, -0.05) is 18.2 Å². The van der Waals surface area contributed by atoms with Gasteiger partial charge in [0.25, 0.3) is 5.56 Å². The average molecular weight is 275 g/mol. The minimum Gasteiger partial charge on any atom is -0.476 e. The van der Waals surface area contributed by atoms with Crippen LogP contribution in [0.5, 0.6) is 0 Å². The normalized spacial score (nSPS) is 10.8. The summed E-state index contributed by atoms with van der Waals surface area (Å²) in [6, 6.07) is 7.78. The van der Waals surface area contributed by atoms with Crippen molar-refractivity contribution in [2.75, 3.05) is 0 Å². The summed E-state index contributed by atoms with van der Waals surface area (Å²) in [7, 11) is 0. The van der Waals surface area contributed by atoms with E-state index in [9.17, 15) is 14.4 Å². The van der Waals surface area contributed by atoms with Crippen molar-refractivity contribution in [3.63, 3.8) is 0 Å². The Balaban J connectivity index is 2.90. The van der Waals surface area contributed by atoms with Crippen LogP contribution in [-0.2, 0) is 0 Å². The molecule has 104 valence electrons. The Morgan fingerprint density at radius 1 is 1.20 bits per heavy atom. The van der Waals surface area contributed by atoms with E-state index >= 15 is 0 Å². The highest BCUT2D eigenvalue weighted by atomic mass is 16.4. The molecule has 20 heavy (non-hydrogen) atoms.